The molecule has 1 aromatic carbocycles. The first-order valence-electron chi connectivity index (χ1n) is 12.4. The van der Waals surface area contributed by atoms with E-state index < -0.39 is 0 Å². The molecule has 2 unspecified atom stereocenters. The molecule has 3 nitrogen and oxygen atoms in total. The minimum Gasteiger partial charge on any atom is -0.507 e. The maximum absolute atomic E-state index is 12.7. The number of piperidine rings is 1. The van der Waals surface area contributed by atoms with Crippen LogP contribution in [0.1, 0.15) is 97.6 Å². The van der Waals surface area contributed by atoms with Crippen LogP contribution in [0.3, 0.4) is 0 Å². The summed E-state index contributed by atoms with van der Waals surface area (Å²) in [7, 11) is 0. The van der Waals surface area contributed by atoms with Gasteiger partial charge in [0.15, 0.2) is 0 Å². The molecule has 2 aliphatic rings. The minimum absolute atomic E-state index is 0.109. The third kappa shape index (κ3) is 6.62. The number of amides is 1. The summed E-state index contributed by atoms with van der Waals surface area (Å²) in [5.74, 6) is 1.41. The first-order chi connectivity index (χ1) is 15.0. The second-order valence-electron chi connectivity index (χ2n) is 11.6. The number of likely N-dealkylation sites (tertiary alicyclic amines) is 1. The monoisotopic (exact) mass is 477 g/mol. The summed E-state index contributed by atoms with van der Waals surface area (Å²) in [6.45, 7) is 14.9. The van der Waals surface area contributed by atoms with Gasteiger partial charge in [-0.05, 0) is 55.1 Å². The number of rotatable bonds is 5. The first kappa shape index (κ1) is 25.8. The van der Waals surface area contributed by atoms with Crippen molar-refractivity contribution in [3.63, 3.8) is 0 Å². The zero-order valence-electron chi connectivity index (χ0n) is 21.0. The third-order valence-corrected chi connectivity index (χ3v) is 9.71. The molecule has 1 N–H and O–H groups in total. The molecule has 1 saturated heterocycles. The molecule has 0 radical (unpaired) electrons. The van der Waals surface area contributed by atoms with E-state index >= 15 is 0 Å². The van der Waals surface area contributed by atoms with Crippen molar-refractivity contribution in [2.45, 2.75) is 113 Å². The predicted molar refractivity (Wildman–Crippen MR) is 140 cm³/mol. The molecule has 1 aliphatic heterocycles. The van der Waals surface area contributed by atoms with Crippen molar-refractivity contribution in [3.8, 4) is 5.75 Å². The Labute approximate surface area is 204 Å². The van der Waals surface area contributed by atoms with E-state index in [1.807, 2.05) is 23.5 Å². The van der Waals surface area contributed by atoms with Crippen molar-refractivity contribution < 1.29 is 9.90 Å². The summed E-state index contributed by atoms with van der Waals surface area (Å²) in [4.78, 5) is 16.1. The highest BCUT2D eigenvalue weighted by Crippen LogP contribution is 2.45. The Morgan fingerprint density at radius 2 is 1.44 bits per heavy atom. The average Bonchev–Trinajstić information content (AvgIpc) is 2.73. The van der Waals surface area contributed by atoms with E-state index in [0.717, 1.165) is 37.1 Å². The van der Waals surface area contributed by atoms with Gasteiger partial charge in [0.2, 0.25) is 5.91 Å². The Hall–Kier alpha value is -0.810. The van der Waals surface area contributed by atoms with E-state index in [1.54, 1.807) is 0 Å². The summed E-state index contributed by atoms with van der Waals surface area (Å²) >= 11 is 3.86. The van der Waals surface area contributed by atoms with Gasteiger partial charge in [-0.1, -0.05) is 54.4 Å². The van der Waals surface area contributed by atoms with Crippen LogP contribution in [0.5, 0.6) is 5.75 Å². The van der Waals surface area contributed by atoms with E-state index in [4.69, 9.17) is 0 Å². The Balaban J connectivity index is 1.75. The van der Waals surface area contributed by atoms with Gasteiger partial charge in [0.1, 0.15) is 5.75 Å². The minimum atomic E-state index is -0.109. The van der Waals surface area contributed by atoms with Gasteiger partial charge in [0.05, 0.1) is 5.75 Å². The van der Waals surface area contributed by atoms with Crippen molar-refractivity contribution in [1.82, 2.24) is 4.90 Å². The molecular formula is C27H43NO2S2. The van der Waals surface area contributed by atoms with E-state index in [1.165, 1.54) is 37.0 Å². The Kier molecular flexibility index (Phi) is 8.57. The van der Waals surface area contributed by atoms with Gasteiger partial charge in [-0.3, -0.25) is 4.79 Å². The molecule has 32 heavy (non-hydrogen) atoms. The highest BCUT2D eigenvalue weighted by Gasteiger charge is 2.31. The summed E-state index contributed by atoms with van der Waals surface area (Å²) < 4.78 is 0. The number of nitrogens with zero attached hydrogens (tertiary/aromatic N) is 1. The number of phenolic OH excluding ortho intramolecular Hbond substituents is 1. The second kappa shape index (κ2) is 10.6. The van der Waals surface area contributed by atoms with Crippen molar-refractivity contribution in [1.29, 1.82) is 0 Å². The van der Waals surface area contributed by atoms with E-state index in [9.17, 15) is 9.90 Å². The lowest BCUT2D eigenvalue weighted by Crippen LogP contribution is -2.37. The fourth-order valence-corrected chi connectivity index (χ4v) is 7.71. The third-order valence-electron chi connectivity index (χ3n) is 6.76. The lowest BCUT2D eigenvalue weighted by molar-refractivity contribution is -0.129. The highest BCUT2D eigenvalue weighted by molar-refractivity contribution is 8.04. The molecule has 180 valence electrons. The lowest BCUT2D eigenvalue weighted by atomic mass is 9.79. The SMILES string of the molecule is CC(C)(C)c1cc(SC2CCCCC2SCC(=O)N2CCCCC2)cc(C(C)(C)C)c1O. The van der Waals surface area contributed by atoms with Crippen LogP contribution in [0.25, 0.3) is 0 Å². The van der Waals surface area contributed by atoms with Gasteiger partial charge < -0.3 is 10.0 Å². The molecule has 0 aromatic heterocycles. The number of phenols is 1. The molecule has 1 aliphatic carbocycles. The molecule has 1 aromatic rings. The summed E-state index contributed by atoms with van der Waals surface area (Å²) in [6.07, 6.45) is 8.52. The second-order valence-corrected chi connectivity index (χ2v) is 14.1. The van der Waals surface area contributed by atoms with Crippen LogP contribution in [0.15, 0.2) is 17.0 Å². The van der Waals surface area contributed by atoms with Crippen molar-refractivity contribution in [2.24, 2.45) is 0 Å². The molecule has 1 saturated carbocycles. The number of carbonyl (C=O) groups excluding carboxylic acids is 1. The van der Waals surface area contributed by atoms with E-state index in [0.29, 0.717) is 27.9 Å². The number of benzene rings is 1. The standard InChI is InChI=1S/C27H43NO2S2/c1-26(2,3)20-16-19(17-21(25(20)30)27(4,5)6)32-23-13-9-8-12-22(23)31-18-24(29)28-14-10-7-11-15-28/h16-17,22-23,30H,7-15,18H2,1-6H3. The van der Waals surface area contributed by atoms with Crippen LogP contribution in [-0.2, 0) is 15.6 Å². The molecule has 2 atom stereocenters. The Morgan fingerprint density at radius 3 is 1.97 bits per heavy atom. The number of hydrogen-bond donors (Lipinski definition) is 1. The summed E-state index contributed by atoms with van der Waals surface area (Å²) in [6, 6.07) is 4.43. The number of aromatic hydroxyl groups is 1. The fraction of sp³-hybridized carbons (Fsp3) is 0.741. The zero-order valence-corrected chi connectivity index (χ0v) is 22.6. The van der Waals surface area contributed by atoms with Crippen LogP contribution in [-0.4, -0.2) is 45.3 Å². The summed E-state index contributed by atoms with van der Waals surface area (Å²) in [5.41, 5.74) is 1.85. The van der Waals surface area contributed by atoms with Crippen LogP contribution in [0, 0.1) is 0 Å². The van der Waals surface area contributed by atoms with Gasteiger partial charge in [-0.2, -0.15) is 0 Å². The van der Waals surface area contributed by atoms with Gasteiger partial charge in [-0.15, -0.1) is 23.5 Å². The van der Waals surface area contributed by atoms with Crippen LogP contribution >= 0.6 is 23.5 Å². The Bertz CT molecular complexity index is 753. The van der Waals surface area contributed by atoms with Crippen molar-refractivity contribution in [2.75, 3.05) is 18.8 Å². The molecule has 0 spiro atoms. The molecular weight excluding hydrogens is 434 g/mol. The van der Waals surface area contributed by atoms with Gasteiger partial charge >= 0.3 is 0 Å². The molecule has 3 rings (SSSR count). The van der Waals surface area contributed by atoms with E-state index in [2.05, 4.69) is 58.6 Å². The predicted octanol–water partition coefficient (Wildman–Crippen LogP) is 7.14. The zero-order chi connectivity index (χ0) is 23.5. The van der Waals surface area contributed by atoms with Crippen molar-refractivity contribution >= 4 is 29.4 Å². The maximum atomic E-state index is 12.7. The quantitative estimate of drug-likeness (QED) is 0.489. The van der Waals surface area contributed by atoms with Gasteiger partial charge in [0, 0.05) is 39.6 Å². The number of carbonyl (C=O) groups is 1. The van der Waals surface area contributed by atoms with E-state index in [-0.39, 0.29) is 10.8 Å². The normalized spacial score (nSPS) is 22.8. The number of hydrogen-bond acceptors (Lipinski definition) is 4. The largest absolute Gasteiger partial charge is 0.507 e. The first-order valence-corrected chi connectivity index (χ1v) is 14.3. The number of thioether (sulfide) groups is 2. The van der Waals surface area contributed by atoms with Crippen LogP contribution < -0.4 is 0 Å². The molecule has 0 bridgehead atoms. The Morgan fingerprint density at radius 1 is 0.906 bits per heavy atom. The van der Waals surface area contributed by atoms with Crippen molar-refractivity contribution in [3.05, 3.63) is 23.3 Å². The average molecular weight is 478 g/mol. The topological polar surface area (TPSA) is 40.5 Å². The molecule has 5 heteroatoms. The fourth-order valence-electron chi connectivity index (χ4n) is 4.80. The molecule has 1 heterocycles. The van der Waals surface area contributed by atoms with Crippen LogP contribution in [0.2, 0.25) is 0 Å². The van der Waals surface area contributed by atoms with Gasteiger partial charge in [-0.25, -0.2) is 0 Å². The maximum Gasteiger partial charge on any atom is 0.232 e. The highest BCUT2D eigenvalue weighted by atomic mass is 32.2. The van der Waals surface area contributed by atoms with Gasteiger partial charge in [0.25, 0.3) is 0 Å². The molecule has 1 amide bonds. The summed E-state index contributed by atoms with van der Waals surface area (Å²) in [5, 5.41) is 12.1. The van der Waals surface area contributed by atoms with Crippen LogP contribution in [0.4, 0.5) is 0 Å². The molecule has 2 fully saturated rings. The smallest absolute Gasteiger partial charge is 0.232 e. The lowest BCUT2D eigenvalue weighted by Gasteiger charge is -2.33.